The maximum atomic E-state index is 12.1. The molecule has 0 saturated heterocycles. The molecule has 0 aliphatic carbocycles. The fourth-order valence-electron chi connectivity index (χ4n) is 2.40. The molecule has 0 aliphatic rings. The summed E-state index contributed by atoms with van der Waals surface area (Å²) in [5, 5.41) is 3.50. The molecule has 2 rings (SSSR count). The molecule has 0 fully saturated rings. The molecule has 0 bridgehead atoms. The van der Waals surface area contributed by atoms with Crippen molar-refractivity contribution in [2.75, 3.05) is 6.61 Å². The van der Waals surface area contributed by atoms with E-state index in [1.807, 2.05) is 37.3 Å². The van der Waals surface area contributed by atoms with Gasteiger partial charge in [-0.05, 0) is 30.2 Å². The van der Waals surface area contributed by atoms with E-state index in [4.69, 9.17) is 27.9 Å². The zero-order chi connectivity index (χ0) is 18.2. The Bertz CT molecular complexity index is 735. The van der Waals surface area contributed by atoms with E-state index >= 15 is 0 Å². The summed E-state index contributed by atoms with van der Waals surface area (Å²) in [5.74, 6) is -1.02. The van der Waals surface area contributed by atoms with Crippen LogP contribution in [0, 0.1) is 0 Å². The summed E-state index contributed by atoms with van der Waals surface area (Å²) in [4.78, 5) is 24.2. The summed E-state index contributed by atoms with van der Waals surface area (Å²) in [6.07, 6.45) is 1.72. The van der Waals surface area contributed by atoms with Gasteiger partial charge in [-0.3, -0.25) is 4.79 Å². The van der Waals surface area contributed by atoms with Gasteiger partial charge in [0, 0.05) is 5.02 Å². The Morgan fingerprint density at radius 1 is 1.12 bits per heavy atom. The van der Waals surface area contributed by atoms with Crippen LogP contribution >= 0.6 is 23.2 Å². The minimum absolute atomic E-state index is 0.114. The monoisotopic (exact) mass is 379 g/mol. The molecule has 1 N–H and O–H groups in total. The van der Waals surface area contributed by atoms with Crippen molar-refractivity contribution in [1.82, 2.24) is 5.32 Å². The fraction of sp³-hybridized carbons (Fsp3) is 0.263. The lowest BCUT2D eigenvalue weighted by Gasteiger charge is -2.18. The second-order valence-electron chi connectivity index (χ2n) is 5.52. The second-order valence-corrected chi connectivity index (χ2v) is 6.36. The number of hydrogen-bond acceptors (Lipinski definition) is 3. The summed E-state index contributed by atoms with van der Waals surface area (Å²) in [6.45, 7) is 1.68. The van der Waals surface area contributed by atoms with Crippen LogP contribution in [-0.2, 0) is 9.53 Å². The first kappa shape index (κ1) is 19.3. The average Bonchev–Trinajstić information content (AvgIpc) is 2.60. The van der Waals surface area contributed by atoms with E-state index in [2.05, 4.69) is 5.32 Å². The predicted octanol–water partition coefficient (Wildman–Crippen LogP) is 4.81. The number of benzene rings is 2. The lowest BCUT2D eigenvalue weighted by Crippen LogP contribution is -2.32. The normalized spacial score (nSPS) is 11.6. The number of nitrogens with one attached hydrogen (secondary N) is 1. The van der Waals surface area contributed by atoms with Gasteiger partial charge in [-0.2, -0.15) is 0 Å². The molecule has 0 heterocycles. The summed E-state index contributed by atoms with van der Waals surface area (Å²) >= 11 is 11.8. The number of halogens is 2. The number of amides is 1. The van der Waals surface area contributed by atoms with Gasteiger partial charge in [-0.15, -0.1) is 0 Å². The molecule has 132 valence electrons. The third-order valence-electron chi connectivity index (χ3n) is 3.60. The average molecular weight is 380 g/mol. The Labute approximate surface area is 157 Å². The molecule has 1 amide bonds. The minimum Gasteiger partial charge on any atom is -0.452 e. The summed E-state index contributed by atoms with van der Waals surface area (Å²) in [5.41, 5.74) is 1.19. The van der Waals surface area contributed by atoms with E-state index in [1.165, 1.54) is 18.2 Å². The van der Waals surface area contributed by atoms with Gasteiger partial charge in [-0.25, -0.2) is 4.79 Å². The van der Waals surface area contributed by atoms with Crippen LogP contribution in [0.25, 0.3) is 0 Å². The third kappa shape index (κ3) is 5.76. The molecule has 0 saturated carbocycles. The molecule has 2 aromatic carbocycles. The molecule has 1 atom stereocenters. The summed E-state index contributed by atoms with van der Waals surface area (Å²) < 4.78 is 5.05. The van der Waals surface area contributed by atoms with Crippen LogP contribution in [0.15, 0.2) is 48.5 Å². The van der Waals surface area contributed by atoms with Gasteiger partial charge in [0.25, 0.3) is 5.91 Å². The molecule has 0 aliphatic heterocycles. The van der Waals surface area contributed by atoms with Crippen molar-refractivity contribution in [2.24, 2.45) is 0 Å². The molecule has 0 radical (unpaired) electrons. The highest BCUT2D eigenvalue weighted by Crippen LogP contribution is 2.22. The fourth-order valence-corrected chi connectivity index (χ4v) is 2.88. The number of esters is 1. The van der Waals surface area contributed by atoms with Crippen molar-refractivity contribution >= 4 is 35.1 Å². The molecular formula is C19H19Cl2NO3. The number of carbonyl (C=O) groups excluding carboxylic acids is 2. The molecule has 4 nitrogen and oxygen atoms in total. The predicted molar refractivity (Wildman–Crippen MR) is 99.0 cm³/mol. The molecule has 0 aromatic heterocycles. The smallest absolute Gasteiger partial charge is 0.340 e. The first-order valence-electron chi connectivity index (χ1n) is 7.97. The van der Waals surface area contributed by atoms with Gasteiger partial charge < -0.3 is 10.1 Å². The van der Waals surface area contributed by atoms with E-state index < -0.39 is 5.97 Å². The number of carbonyl (C=O) groups is 2. The van der Waals surface area contributed by atoms with Crippen LogP contribution < -0.4 is 5.32 Å². The summed E-state index contributed by atoms with van der Waals surface area (Å²) in [7, 11) is 0. The SMILES string of the molecule is CCC[C@H](NC(=O)COC(=O)c1ccc(Cl)cc1Cl)c1ccccc1. The standard InChI is InChI=1S/C19H19Cl2NO3/c1-2-6-17(13-7-4-3-5-8-13)22-18(23)12-25-19(24)15-10-9-14(20)11-16(15)21/h3-5,7-11,17H,2,6,12H2,1H3,(H,22,23)/t17-/m0/s1. The highest BCUT2D eigenvalue weighted by Gasteiger charge is 2.17. The van der Waals surface area contributed by atoms with E-state index in [0.29, 0.717) is 5.02 Å². The van der Waals surface area contributed by atoms with Crippen molar-refractivity contribution < 1.29 is 14.3 Å². The van der Waals surface area contributed by atoms with Crippen LogP contribution in [0.2, 0.25) is 10.0 Å². The first-order valence-corrected chi connectivity index (χ1v) is 8.73. The zero-order valence-corrected chi connectivity index (χ0v) is 15.3. The molecule has 6 heteroatoms. The van der Waals surface area contributed by atoms with Crippen molar-refractivity contribution in [2.45, 2.75) is 25.8 Å². The largest absolute Gasteiger partial charge is 0.452 e. The topological polar surface area (TPSA) is 55.4 Å². The Kier molecular flexibility index (Phi) is 7.29. The lowest BCUT2D eigenvalue weighted by atomic mass is 10.0. The van der Waals surface area contributed by atoms with E-state index in [9.17, 15) is 9.59 Å². The number of hydrogen-bond donors (Lipinski definition) is 1. The van der Waals surface area contributed by atoms with E-state index in [0.717, 1.165) is 18.4 Å². The van der Waals surface area contributed by atoms with Crippen LogP contribution in [0.5, 0.6) is 0 Å². The van der Waals surface area contributed by atoms with E-state index in [-0.39, 0.29) is 29.1 Å². The van der Waals surface area contributed by atoms with Gasteiger partial charge in [0.05, 0.1) is 16.6 Å². The molecule has 2 aromatic rings. The molecule has 0 spiro atoms. The van der Waals surface area contributed by atoms with Crippen LogP contribution in [0.1, 0.15) is 41.7 Å². The molecule has 0 unspecified atom stereocenters. The second kappa shape index (κ2) is 9.44. The third-order valence-corrected chi connectivity index (χ3v) is 4.15. The Balaban J connectivity index is 1.93. The van der Waals surface area contributed by atoms with Crippen LogP contribution in [0.3, 0.4) is 0 Å². The van der Waals surface area contributed by atoms with Gasteiger partial charge >= 0.3 is 5.97 Å². The van der Waals surface area contributed by atoms with Gasteiger partial charge in [0.2, 0.25) is 0 Å². The van der Waals surface area contributed by atoms with Gasteiger partial charge in [0.1, 0.15) is 0 Å². The number of ether oxygens (including phenoxy) is 1. The Hall–Kier alpha value is -2.04. The van der Waals surface area contributed by atoms with Crippen molar-refractivity contribution in [3.8, 4) is 0 Å². The lowest BCUT2D eigenvalue weighted by molar-refractivity contribution is -0.125. The van der Waals surface area contributed by atoms with Crippen molar-refractivity contribution in [3.05, 3.63) is 69.7 Å². The minimum atomic E-state index is -0.663. The first-order chi connectivity index (χ1) is 12.0. The highest BCUT2D eigenvalue weighted by molar-refractivity contribution is 6.36. The van der Waals surface area contributed by atoms with Gasteiger partial charge in [-0.1, -0.05) is 66.9 Å². The maximum Gasteiger partial charge on any atom is 0.340 e. The summed E-state index contributed by atoms with van der Waals surface area (Å²) in [6, 6.07) is 14.0. The Morgan fingerprint density at radius 3 is 2.48 bits per heavy atom. The zero-order valence-electron chi connectivity index (χ0n) is 13.8. The van der Waals surface area contributed by atoms with Crippen LogP contribution in [-0.4, -0.2) is 18.5 Å². The Morgan fingerprint density at radius 2 is 1.84 bits per heavy atom. The van der Waals surface area contributed by atoms with Gasteiger partial charge in [0.15, 0.2) is 6.61 Å². The maximum absolute atomic E-state index is 12.1. The van der Waals surface area contributed by atoms with Crippen LogP contribution in [0.4, 0.5) is 0 Å². The van der Waals surface area contributed by atoms with Crippen molar-refractivity contribution in [3.63, 3.8) is 0 Å². The molecule has 25 heavy (non-hydrogen) atoms. The quantitative estimate of drug-likeness (QED) is 0.702. The van der Waals surface area contributed by atoms with E-state index in [1.54, 1.807) is 0 Å². The highest BCUT2D eigenvalue weighted by atomic mass is 35.5. The molecular weight excluding hydrogens is 361 g/mol. The number of rotatable bonds is 7. The van der Waals surface area contributed by atoms with Crippen molar-refractivity contribution in [1.29, 1.82) is 0 Å².